The lowest BCUT2D eigenvalue weighted by atomic mass is 10.1. The molecule has 30 heavy (non-hydrogen) atoms. The average molecular weight is 413 g/mol. The minimum Gasteiger partial charge on any atom is -0.508 e. The highest BCUT2D eigenvalue weighted by molar-refractivity contribution is 5.88. The first-order chi connectivity index (χ1) is 14.4. The van der Waals surface area contributed by atoms with Crippen LogP contribution in [0.1, 0.15) is 19.3 Å². The van der Waals surface area contributed by atoms with Crippen molar-refractivity contribution in [2.45, 2.75) is 19.3 Å². The van der Waals surface area contributed by atoms with Crippen LogP contribution in [-0.4, -0.2) is 51.6 Å². The molecule has 0 aliphatic carbocycles. The van der Waals surface area contributed by atoms with Crippen molar-refractivity contribution >= 4 is 11.0 Å². The van der Waals surface area contributed by atoms with Crippen molar-refractivity contribution < 1.29 is 29.6 Å². The van der Waals surface area contributed by atoms with Crippen LogP contribution < -0.4 is 10.2 Å². The maximum atomic E-state index is 12.5. The molecule has 0 amide bonds. The van der Waals surface area contributed by atoms with E-state index in [1.54, 1.807) is 0 Å². The molecule has 0 unspecified atom stereocenters. The summed E-state index contributed by atoms with van der Waals surface area (Å²) in [6.45, 7) is 3.18. The Kier molecular flexibility index (Phi) is 5.41. The van der Waals surface area contributed by atoms with Crippen LogP contribution in [0.5, 0.6) is 28.7 Å². The summed E-state index contributed by atoms with van der Waals surface area (Å²) in [7, 11) is 0. The number of likely N-dealkylation sites (tertiary alicyclic amines) is 1. The van der Waals surface area contributed by atoms with Crippen LogP contribution in [0.15, 0.2) is 39.5 Å². The van der Waals surface area contributed by atoms with Crippen LogP contribution in [0.2, 0.25) is 0 Å². The molecule has 0 saturated carbocycles. The highest BCUT2D eigenvalue weighted by atomic mass is 16.5. The zero-order valence-corrected chi connectivity index (χ0v) is 16.3. The second-order valence-electron chi connectivity index (χ2n) is 7.38. The molecule has 0 atom stereocenters. The van der Waals surface area contributed by atoms with Gasteiger partial charge in [-0.15, -0.1) is 0 Å². The van der Waals surface area contributed by atoms with E-state index in [0.29, 0.717) is 12.2 Å². The first-order valence-corrected chi connectivity index (χ1v) is 9.84. The summed E-state index contributed by atoms with van der Waals surface area (Å²) in [5.74, 6) is -1.49. The van der Waals surface area contributed by atoms with Crippen LogP contribution in [-0.2, 0) is 0 Å². The van der Waals surface area contributed by atoms with E-state index in [0.717, 1.165) is 25.7 Å². The first kappa shape index (κ1) is 19.9. The van der Waals surface area contributed by atoms with Crippen molar-refractivity contribution in [1.82, 2.24) is 4.90 Å². The van der Waals surface area contributed by atoms with E-state index in [1.807, 2.05) is 0 Å². The number of ether oxygens (including phenoxy) is 1. The normalized spacial score (nSPS) is 14.8. The molecule has 0 radical (unpaired) electrons. The van der Waals surface area contributed by atoms with Gasteiger partial charge < -0.3 is 29.6 Å². The lowest BCUT2D eigenvalue weighted by molar-refractivity contribution is 0.181. The highest BCUT2D eigenvalue weighted by Crippen LogP contribution is 2.38. The molecular formula is C22H23NO7. The minimum absolute atomic E-state index is 0.0738. The number of hydrogen-bond donors (Lipinski definition) is 4. The van der Waals surface area contributed by atoms with Gasteiger partial charge in [0, 0.05) is 24.2 Å². The molecule has 1 aliphatic heterocycles. The second-order valence-corrected chi connectivity index (χ2v) is 7.38. The predicted molar refractivity (Wildman–Crippen MR) is 110 cm³/mol. The molecule has 8 heteroatoms. The van der Waals surface area contributed by atoms with Crippen LogP contribution in [0.25, 0.3) is 22.3 Å². The van der Waals surface area contributed by atoms with Gasteiger partial charge in [0.1, 0.15) is 29.1 Å². The molecule has 3 aromatic rings. The second kappa shape index (κ2) is 8.16. The van der Waals surface area contributed by atoms with Gasteiger partial charge in [-0.2, -0.15) is 0 Å². The van der Waals surface area contributed by atoms with Crippen LogP contribution in [0.4, 0.5) is 0 Å². The molecule has 158 valence electrons. The topological polar surface area (TPSA) is 124 Å². The first-order valence-electron chi connectivity index (χ1n) is 9.84. The third kappa shape index (κ3) is 3.86. The van der Waals surface area contributed by atoms with E-state index in [-0.39, 0.29) is 34.0 Å². The predicted octanol–water partition coefficient (Wildman–Crippen LogP) is 3.15. The van der Waals surface area contributed by atoms with Gasteiger partial charge in [-0.1, -0.05) is 6.42 Å². The molecule has 1 aliphatic rings. The number of aromatic hydroxyl groups is 4. The average Bonchev–Trinajstić information content (AvgIpc) is 2.72. The van der Waals surface area contributed by atoms with E-state index in [2.05, 4.69) is 4.90 Å². The fourth-order valence-electron chi connectivity index (χ4n) is 3.71. The van der Waals surface area contributed by atoms with Gasteiger partial charge in [0.05, 0.1) is 0 Å². The maximum absolute atomic E-state index is 12.5. The van der Waals surface area contributed by atoms with Gasteiger partial charge in [0.15, 0.2) is 17.3 Å². The van der Waals surface area contributed by atoms with Crippen molar-refractivity contribution in [2.75, 3.05) is 26.2 Å². The van der Waals surface area contributed by atoms with Gasteiger partial charge in [0.25, 0.3) is 0 Å². The molecule has 2 heterocycles. The van der Waals surface area contributed by atoms with Crippen molar-refractivity contribution in [3.63, 3.8) is 0 Å². The number of benzene rings is 2. The Morgan fingerprint density at radius 3 is 2.50 bits per heavy atom. The van der Waals surface area contributed by atoms with Crippen molar-refractivity contribution in [3.05, 3.63) is 40.6 Å². The number of phenols is 3. The molecule has 1 aromatic heterocycles. The summed E-state index contributed by atoms with van der Waals surface area (Å²) in [5, 5.41) is 39.8. The summed E-state index contributed by atoms with van der Waals surface area (Å²) in [4.78, 5) is 14.8. The van der Waals surface area contributed by atoms with Gasteiger partial charge in [0.2, 0.25) is 11.2 Å². The van der Waals surface area contributed by atoms with Crippen molar-refractivity contribution in [2.24, 2.45) is 0 Å². The van der Waals surface area contributed by atoms with Gasteiger partial charge in [-0.25, -0.2) is 0 Å². The fourth-order valence-corrected chi connectivity index (χ4v) is 3.71. The van der Waals surface area contributed by atoms with Gasteiger partial charge >= 0.3 is 0 Å². The number of fused-ring (bicyclic) bond motifs is 1. The van der Waals surface area contributed by atoms with Crippen LogP contribution >= 0.6 is 0 Å². The van der Waals surface area contributed by atoms with Gasteiger partial charge in [-0.3, -0.25) is 9.69 Å². The van der Waals surface area contributed by atoms with E-state index in [9.17, 15) is 25.2 Å². The third-order valence-corrected chi connectivity index (χ3v) is 5.27. The fraction of sp³-hybridized carbons (Fsp3) is 0.318. The minimum atomic E-state index is -0.829. The van der Waals surface area contributed by atoms with E-state index in [1.165, 1.54) is 43.5 Å². The Bertz CT molecular complexity index is 1130. The SMILES string of the molecule is O=c1c(O)c(-c2ccc(O)c(OCCN3CCCCC3)c2)oc2cc(O)cc(O)c12. The molecule has 1 fully saturated rings. The Morgan fingerprint density at radius 2 is 1.73 bits per heavy atom. The Morgan fingerprint density at radius 1 is 0.967 bits per heavy atom. The van der Waals surface area contributed by atoms with Gasteiger partial charge in [-0.05, 0) is 44.1 Å². The molecule has 4 rings (SSSR count). The molecule has 4 N–H and O–H groups in total. The molecule has 0 bridgehead atoms. The number of rotatable bonds is 5. The van der Waals surface area contributed by atoms with Crippen molar-refractivity contribution in [3.8, 4) is 40.1 Å². The number of nitrogens with zero attached hydrogens (tertiary/aromatic N) is 1. The van der Waals surface area contributed by atoms with E-state index < -0.39 is 16.9 Å². The zero-order chi connectivity index (χ0) is 21.3. The summed E-state index contributed by atoms with van der Waals surface area (Å²) < 4.78 is 11.3. The highest BCUT2D eigenvalue weighted by Gasteiger charge is 2.20. The smallest absolute Gasteiger partial charge is 0.238 e. The Balaban J connectivity index is 1.64. The monoisotopic (exact) mass is 413 g/mol. The zero-order valence-electron chi connectivity index (χ0n) is 16.3. The third-order valence-electron chi connectivity index (χ3n) is 5.27. The summed E-state index contributed by atoms with van der Waals surface area (Å²) in [6, 6.07) is 6.50. The number of phenolic OH excluding ortho intramolecular Hbond substituents is 3. The largest absolute Gasteiger partial charge is 0.508 e. The molecule has 1 saturated heterocycles. The molecule has 0 spiro atoms. The lowest BCUT2D eigenvalue weighted by Crippen LogP contribution is -2.33. The summed E-state index contributed by atoms with van der Waals surface area (Å²) in [6.07, 6.45) is 3.59. The Labute approximate surface area is 172 Å². The summed E-state index contributed by atoms with van der Waals surface area (Å²) in [5.41, 5.74) is -0.601. The Hall–Kier alpha value is -3.39. The molecule has 2 aromatic carbocycles. The molecular weight excluding hydrogens is 390 g/mol. The maximum Gasteiger partial charge on any atom is 0.238 e. The van der Waals surface area contributed by atoms with Crippen LogP contribution in [0, 0.1) is 0 Å². The van der Waals surface area contributed by atoms with Crippen LogP contribution in [0.3, 0.4) is 0 Å². The van der Waals surface area contributed by atoms with E-state index in [4.69, 9.17) is 9.15 Å². The molecule has 8 nitrogen and oxygen atoms in total. The number of hydrogen-bond acceptors (Lipinski definition) is 8. The standard InChI is InChI=1S/C22H23NO7/c24-14-11-16(26)19-18(12-14)30-22(21(28)20(19)27)13-4-5-15(25)17(10-13)29-9-8-23-6-2-1-3-7-23/h4-5,10-12,24-26,28H,1-3,6-9H2. The number of piperidine rings is 1. The van der Waals surface area contributed by atoms with Crippen molar-refractivity contribution in [1.29, 1.82) is 0 Å². The quantitative estimate of drug-likeness (QED) is 0.503. The van der Waals surface area contributed by atoms with E-state index >= 15 is 0 Å². The lowest BCUT2D eigenvalue weighted by Gasteiger charge is -2.26. The summed E-state index contributed by atoms with van der Waals surface area (Å²) >= 11 is 0.